The van der Waals surface area contributed by atoms with Crippen molar-refractivity contribution in [1.29, 1.82) is 0 Å². The maximum absolute atomic E-state index is 12.3. The van der Waals surface area contributed by atoms with Crippen LogP contribution in [0.1, 0.15) is 31.7 Å². The molecule has 0 unspecified atom stereocenters. The van der Waals surface area contributed by atoms with Gasteiger partial charge >= 0.3 is 0 Å². The number of piperidine rings is 1. The molecule has 1 aromatic rings. The van der Waals surface area contributed by atoms with E-state index in [1.807, 2.05) is 11.0 Å². The topological polar surface area (TPSA) is 90.9 Å². The number of hydrogen-bond acceptors (Lipinski definition) is 5. The van der Waals surface area contributed by atoms with Gasteiger partial charge < -0.3 is 15.5 Å². The van der Waals surface area contributed by atoms with Gasteiger partial charge in [-0.05, 0) is 37.9 Å². The van der Waals surface area contributed by atoms with E-state index in [1.165, 1.54) is 0 Å². The molecule has 142 valence electrons. The van der Waals surface area contributed by atoms with Crippen molar-refractivity contribution in [2.24, 2.45) is 10.3 Å². The number of rotatable bonds is 6. The van der Waals surface area contributed by atoms with Crippen molar-refractivity contribution < 1.29 is 13.2 Å². The zero-order valence-corrected chi connectivity index (χ0v) is 15.9. The van der Waals surface area contributed by atoms with Crippen molar-refractivity contribution in [1.82, 2.24) is 15.5 Å². The molecule has 1 saturated heterocycles. The van der Waals surface area contributed by atoms with E-state index in [0.29, 0.717) is 43.9 Å². The van der Waals surface area contributed by atoms with E-state index in [2.05, 4.69) is 22.0 Å². The quantitative estimate of drug-likeness (QED) is 0.720. The van der Waals surface area contributed by atoms with Crippen LogP contribution in [0.4, 0.5) is 0 Å². The average Bonchev–Trinajstić information content (AvgIpc) is 2.93. The number of amidine groups is 1. The van der Waals surface area contributed by atoms with E-state index in [9.17, 15) is 13.2 Å². The van der Waals surface area contributed by atoms with Crippen LogP contribution >= 0.6 is 0 Å². The molecule has 0 aromatic heterocycles. The molecule has 1 aromatic carbocycles. The third-order valence-corrected chi connectivity index (χ3v) is 6.13. The summed E-state index contributed by atoms with van der Waals surface area (Å²) in [5.41, 5.74) is 0.664. The normalized spacial score (nSPS) is 19.1. The lowest BCUT2D eigenvalue weighted by Gasteiger charge is -2.32. The van der Waals surface area contributed by atoms with Gasteiger partial charge in [-0.2, -0.15) is 8.42 Å². The van der Waals surface area contributed by atoms with Crippen molar-refractivity contribution in [3.8, 4) is 0 Å². The molecule has 0 saturated carbocycles. The minimum absolute atomic E-state index is 0.0220. The first-order chi connectivity index (χ1) is 12.5. The Balaban J connectivity index is 1.54. The Bertz CT molecular complexity index is 783. The number of fused-ring (bicyclic) bond motifs is 1. The number of nitrogens with zero attached hydrogens (tertiary/aromatic N) is 2. The molecule has 0 atom stereocenters. The second kappa shape index (κ2) is 8.18. The molecule has 26 heavy (non-hydrogen) atoms. The molecule has 2 aliphatic heterocycles. The largest absolute Gasteiger partial charge is 0.355 e. The average molecular weight is 378 g/mol. The predicted molar refractivity (Wildman–Crippen MR) is 101 cm³/mol. The van der Waals surface area contributed by atoms with E-state index < -0.39 is 10.0 Å². The number of benzene rings is 1. The van der Waals surface area contributed by atoms with E-state index in [0.717, 1.165) is 19.5 Å². The standard InChI is InChI=1S/C18H26N4O3S/c1-2-9-19-10-11-20-18(23)14-7-12-22(13-8-14)17-15-5-3-4-6-16(15)26(24,25)21-17/h3-6,14,19H,2,7-13H2,1H3,(H,20,23). The lowest BCUT2D eigenvalue weighted by Crippen LogP contribution is -2.44. The summed E-state index contributed by atoms with van der Waals surface area (Å²) >= 11 is 0. The van der Waals surface area contributed by atoms with Gasteiger partial charge in [0.1, 0.15) is 4.90 Å². The summed E-state index contributed by atoms with van der Waals surface area (Å²) in [4.78, 5) is 14.5. The smallest absolute Gasteiger partial charge is 0.285 e. The number of likely N-dealkylation sites (tertiary alicyclic amines) is 1. The molecular formula is C18H26N4O3S. The number of amides is 1. The first-order valence-electron chi connectivity index (χ1n) is 9.20. The first-order valence-corrected chi connectivity index (χ1v) is 10.6. The Labute approximate surface area is 154 Å². The molecule has 1 amide bonds. The lowest BCUT2D eigenvalue weighted by molar-refractivity contribution is -0.126. The van der Waals surface area contributed by atoms with Gasteiger partial charge in [0.15, 0.2) is 5.84 Å². The molecule has 3 rings (SSSR count). The van der Waals surface area contributed by atoms with E-state index in [1.54, 1.807) is 18.2 Å². The van der Waals surface area contributed by atoms with Gasteiger partial charge in [-0.1, -0.05) is 19.1 Å². The molecule has 8 heteroatoms. The van der Waals surface area contributed by atoms with Crippen molar-refractivity contribution >= 4 is 21.8 Å². The van der Waals surface area contributed by atoms with Crippen LogP contribution in [0.25, 0.3) is 0 Å². The lowest BCUT2D eigenvalue weighted by atomic mass is 9.95. The zero-order valence-electron chi connectivity index (χ0n) is 15.1. The van der Waals surface area contributed by atoms with Gasteiger partial charge in [-0.25, -0.2) is 0 Å². The summed E-state index contributed by atoms with van der Waals surface area (Å²) in [5, 5.41) is 6.24. The minimum Gasteiger partial charge on any atom is -0.355 e. The highest BCUT2D eigenvalue weighted by Gasteiger charge is 2.34. The molecule has 0 radical (unpaired) electrons. The Morgan fingerprint density at radius 1 is 1.19 bits per heavy atom. The Morgan fingerprint density at radius 2 is 1.92 bits per heavy atom. The summed E-state index contributed by atoms with van der Waals surface area (Å²) in [6.07, 6.45) is 2.49. The van der Waals surface area contributed by atoms with Crippen molar-refractivity contribution in [3.63, 3.8) is 0 Å². The Morgan fingerprint density at radius 3 is 2.65 bits per heavy atom. The molecule has 2 heterocycles. The van der Waals surface area contributed by atoms with Crippen LogP contribution in [-0.2, 0) is 14.8 Å². The van der Waals surface area contributed by atoms with Crippen LogP contribution in [0, 0.1) is 5.92 Å². The van der Waals surface area contributed by atoms with E-state index in [4.69, 9.17) is 0 Å². The summed E-state index contributed by atoms with van der Waals surface area (Å²) in [5.74, 6) is 0.582. The van der Waals surface area contributed by atoms with Crippen LogP contribution in [0.15, 0.2) is 33.6 Å². The Hall–Kier alpha value is -1.93. The first kappa shape index (κ1) is 18.8. The van der Waals surface area contributed by atoms with E-state index in [-0.39, 0.29) is 16.7 Å². The maximum atomic E-state index is 12.3. The second-order valence-electron chi connectivity index (χ2n) is 6.69. The summed E-state index contributed by atoms with van der Waals surface area (Å²) < 4.78 is 28.3. The SMILES string of the molecule is CCCNCCNC(=O)C1CCN(C2=NS(=O)(=O)c3ccccc32)CC1. The monoisotopic (exact) mass is 378 g/mol. The fourth-order valence-corrected chi connectivity index (χ4v) is 4.62. The molecule has 2 aliphatic rings. The minimum atomic E-state index is -3.59. The third kappa shape index (κ3) is 4.07. The second-order valence-corrected chi connectivity index (χ2v) is 8.26. The summed E-state index contributed by atoms with van der Waals surface area (Å²) in [7, 11) is -3.59. The summed E-state index contributed by atoms with van der Waals surface area (Å²) in [6, 6.07) is 6.91. The van der Waals surface area contributed by atoms with Crippen molar-refractivity contribution in [2.45, 2.75) is 31.1 Å². The van der Waals surface area contributed by atoms with Gasteiger partial charge in [-0.15, -0.1) is 4.40 Å². The van der Waals surface area contributed by atoms with Crippen LogP contribution in [0.2, 0.25) is 0 Å². The Kier molecular flexibility index (Phi) is 5.93. The number of sulfonamides is 1. The number of nitrogens with one attached hydrogen (secondary N) is 2. The van der Waals surface area contributed by atoms with Gasteiger partial charge in [0.05, 0.1) is 0 Å². The third-order valence-electron chi connectivity index (χ3n) is 4.81. The fourth-order valence-electron chi connectivity index (χ4n) is 3.39. The highest BCUT2D eigenvalue weighted by molar-refractivity contribution is 7.90. The van der Waals surface area contributed by atoms with Crippen molar-refractivity contribution in [2.75, 3.05) is 32.7 Å². The molecule has 1 fully saturated rings. The maximum Gasteiger partial charge on any atom is 0.285 e. The highest BCUT2D eigenvalue weighted by Crippen LogP contribution is 2.29. The number of carbonyl (C=O) groups excluding carboxylic acids is 1. The molecule has 0 spiro atoms. The predicted octanol–water partition coefficient (Wildman–Crippen LogP) is 0.963. The van der Waals surface area contributed by atoms with Gasteiger partial charge in [-0.3, -0.25) is 4.79 Å². The molecule has 7 nitrogen and oxygen atoms in total. The van der Waals surface area contributed by atoms with Crippen LogP contribution in [0.3, 0.4) is 0 Å². The van der Waals surface area contributed by atoms with Gasteiger partial charge in [0.2, 0.25) is 5.91 Å². The molecule has 0 aliphatic carbocycles. The molecule has 2 N–H and O–H groups in total. The zero-order chi connectivity index (χ0) is 18.6. The molecule has 0 bridgehead atoms. The van der Waals surface area contributed by atoms with Crippen LogP contribution in [-0.4, -0.2) is 57.8 Å². The van der Waals surface area contributed by atoms with Crippen LogP contribution in [0.5, 0.6) is 0 Å². The highest BCUT2D eigenvalue weighted by atomic mass is 32.2. The summed E-state index contributed by atoms with van der Waals surface area (Å²) in [6.45, 7) is 5.75. The van der Waals surface area contributed by atoms with Crippen molar-refractivity contribution in [3.05, 3.63) is 29.8 Å². The van der Waals surface area contributed by atoms with Gasteiger partial charge in [0, 0.05) is 37.7 Å². The van der Waals surface area contributed by atoms with Gasteiger partial charge in [0.25, 0.3) is 10.0 Å². The number of hydrogen-bond donors (Lipinski definition) is 2. The fraction of sp³-hybridized carbons (Fsp3) is 0.556. The van der Waals surface area contributed by atoms with Crippen LogP contribution < -0.4 is 10.6 Å². The van der Waals surface area contributed by atoms with E-state index >= 15 is 0 Å². The molecular weight excluding hydrogens is 352 g/mol. The number of carbonyl (C=O) groups is 1.